The van der Waals surface area contributed by atoms with Crippen molar-refractivity contribution in [2.75, 3.05) is 10.7 Å². The number of halogens is 1. The van der Waals surface area contributed by atoms with Gasteiger partial charge >= 0.3 is 0 Å². The number of amides is 1. The van der Waals surface area contributed by atoms with Gasteiger partial charge in [0.25, 0.3) is 5.91 Å². The second-order valence-corrected chi connectivity index (χ2v) is 4.06. The van der Waals surface area contributed by atoms with Gasteiger partial charge in [0.1, 0.15) is 0 Å². The van der Waals surface area contributed by atoms with Crippen LogP contribution in [0, 0.1) is 0 Å². The molecule has 19 heavy (non-hydrogen) atoms. The summed E-state index contributed by atoms with van der Waals surface area (Å²) in [4.78, 5) is 11.7. The van der Waals surface area contributed by atoms with Gasteiger partial charge in [-0.15, -0.1) is 0 Å². The first-order chi connectivity index (χ1) is 9.25. The van der Waals surface area contributed by atoms with E-state index in [0.29, 0.717) is 5.69 Å². The molecular formula is C14H12ClN3O. The molecule has 2 N–H and O–H groups in total. The van der Waals surface area contributed by atoms with E-state index in [1.54, 1.807) is 12.1 Å². The summed E-state index contributed by atoms with van der Waals surface area (Å²) in [6.07, 6.45) is 0. The van der Waals surface area contributed by atoms with Gasteiger partial charge in [0.05, 0.1) is 5.69 Å². The highest BCUT2D eigenvalue weighted by Crippen LogP contribution is 2.07. The molecule has 0 atom stereocenters. The average Bonchev–Trinajstić information content (AvgIpc) is 2.47. The van der Waals surface area contributed by atoms with Crippen molar-refractivity contribution >= 4 is 34.1 Å². The number of para-hydroxylation sites is 2. The standard InChI is InChI=1S/C14H12ClN3O/c15-13(18-17-12-9-5-2-6-10-12)14(19)16-11-7-3-1-4-8-11/h1-10,17H,(H,16,19). The molecule has 0 fully saturated rings. The van der Waals surface area contributed by atoms with Crippen molar-refractivity contribution in [3.05, 3.63) is 60.7 Å². The van der Waals surface area contributed by atoms with Gasteiger partial charge in [-0.25, -0.2) is 0 Å². The van der Waals surface area contributed by atoms with E-state index in [-0.39, 0.29) is 5.17 Å². The molecule has 0 aromatic heterocycles. The fraction of sp³-hybridized carbons (Fsp3) is 0. The van der Waals surface area contributed by atoms with Crippen LogP contribution in [0.15, 0.2) is 65.8 Å². The highest BCUT2D eigenvalue weighted by Gasteiger charge is 2.08. The number of carbonyl (C=O) groups excluding carboxylic acids is 1. The third-order valence-corrected chi connectivity index (χ3v) is 2.53. The highest BCUT2D eigenvalue weighted by atomic mass is 35.5. The maximum absolute atomic E-state index is 11.7. The minimum absolute atomic E-state index is 0.160. The van der Waals surface area contributed by atoms with Crippen LogP contribution in [0.2, 0.25) is 0 Å². The maximum atomic E-state index is 11.7. The van der Waals surface area contributed by atoms with Crippen LogP contribution in [-0.2, 0) is 4.79 Å². The van der Waals surface area contributed by atoms with Crippen molar-refractivity contribution in [1.82, 2.24) is 0 Å². The Morgan fingerprint density at radius 3 is 2.00 bits per heavy atom. The lowest BCUT2D eigenvalue weighted by atomic mass is 10.3. The predicted molar refractivity (Wildman–Crippen MR) is 78.4 cm³/mol. The van der Waals surface area contributed by atoms with Crippen molar-refractivity contribution in [3.8, 4) is 0 Å². The molecule has 0 saturated carbocycles. The Kier molecular flexibility index (Phi) is 4.53. The van der Waals surface area contributed by atoms with E-state index in [1.807, 2.05) is 48.5 Å². The number of hydrazone groups is 1. The summed E-state index contributed by atoms with van der Waals surface area (Å²) in [5.41, 5.74) is 4.13. The summed E-state index contributed by atoms with van der Waals surface area (Å²) in [5.74, 6) is -0.462. The van der Waals surface area contributed by atoms with Crippen LogP contribution in [0.3, 0.4) is 0 Å². The fourth-order valence-corrected chi connectivity index (χ4v) is 1.47. The van der Waals surface area contributed by atoms with Crippen LogP contribution < -0.4 is 10.7 Å². The van der Waals surface area contributed by atoms with Gasteiger partial charge in [-0.3, -0.25) is 10.2 Å². The van der Waals surface area contributed by atoms with E-state index in [1.165, 1.54) is 0 Å². The van der Waals surface area contributed by atoms with Gasteiger partial charge in [-0.05, 0) is 24.3 Å². The molecule has 2 aromatic rings. The van der Waals surface area contributed by atoms with E-state index in [2.05, 4.69) is 15.8 Å². The fourth-order valence-electron chi connectivity index (χ4n) is 1.38. The Morgan fingerprint density at radius 1 is 0.895 bits per heavy atom. The van der Waals surface area contributed by atoms with Gasteiger partial charge in [-0.1, -0.05) is 48.0 Å². The minimum atomic E-state index is -0.462. The SMILES string of the molecule is O=C(Nc1ccccc1)C(Cl)=NNc1ccccc1. The minimum Gasteiger partial charge on any atom is -0.320 e. The molecule has 0 unspecified atom stereocenters. The summed E-state index contributed by atoms with van der Waals surface area (Å²) in [6.45, 7) is 0. The molecule has 0 spiro atoms. The molecule has 0 radical (unpaired) electrons. The van der Waals surface area contributed by atoms with E-state index in [9.17, 15) is 4.79 Å². The zero-order chi connectivity index (χ0) is 13.5. The molecule has 0 aliphatic carbocycles. The molecule has 0 aliphatic heterocycles. The van der Waals surface area contributed by atoms with Crippen LogP contribution in [0.1, 0.15) is 0 Å². The van der Waals surface area contributed by atoms with Crippen molar-refractivity contribution < 1.29 is 4.79 Å². The number of nitrogens with zero attached hydrogens (tertiary/aromatic N) is 1. The molecule has 96 valence electrons. The Bertz CT molecular complexity index is 570. The van der Waals surface area contributed by atoms with Crippen molar-refractivity contribution in [3.63, 3.8) is 0 Å². The second-order valence-electron chi connectivity index (χ2n) is 3.70. The van der Waals surface area contributed by atoms with E-state index in [4.69, 9.17) is 11.6 Å². The van der Waals surface area contributed by atoms with Crippen molar-refractivity contribution in [2.24, 2.45) is 5.10 Å². The molecular weight excluding hydrogens is 262 g/mol. The molecule has 5 heteroatoms. The van der Waals surface area contributed by atoms with Gasteiger partial charge in [0.15, 0.2) is 0 Å². The first kappa shape index (κ1) is 13.1. The molecule has 0 aliphatic rings. The Balaban J connectivity index is 1.95. The summed E-state index contributed by atoms with van der Waals surface area (Å²) < 4.78 is 0. The summed E-state index contributed by atoms with van der Waals surface area (Å²) in [5, 5.41) is 6.29. The normalized spacial score (nSPS) is 10.9. The van der Waals surface area contributed by atoms with Crippen LogP contribution in [0.4, 0.5) is 11.4 Å². The number of rotatable bonds is 4. The molecule has 2 rings (SSSR count). The van der Waals surface area contributed by atoms with Crippen LogP contribution >= 0.6 is 11.6 Å². The first-order valence-electron chi connectivity index (χ1n) is 5.66. The number of nitrogens with one attached hydrogen (secondary N) is 2. The molecule has 1 amide bonds. The lowest BCUT2D eigenvalue weighted by Crippen LogP contribution is -2.19. The monoisotopic (exact) mass is 273 g/mol. The predicted octanol–water partition coefficient (Wildman–Crippen LogP) is 3.29. The van der Waals surface area contributed by atoms with Gasteiger partial charge < -0.3 is 5.32 Å². The van der Waals surface area contributed by atoms with Crippen molar-refractivity contribution in [2.45, 2.75) is 0 Å². The first-order valence-corrected chi connectivity index (χ1v) is 6.04. The lowest BCUT2D eigenvalue weighted by molar-refractivity contribution is -0.110. The second kappa shape index (κ2) is 6.56. The number of hydrogen-bond donors (Lipinski definition) is 2. The van der Waals surface area contributed by atoms with Crippen molar-refractivity contribution in [1.29, 1.82) is 0 Å². The topological polar surface area (TPSA) is 53.5 Å². The number of hydrogen-bond acceptors (Lipinski definition) is 3. The largest absolute Gasteiger partial charge is 0.320 e. The lowest BCUT2D eigenvalue weighted by Gasteiger charge is -2.04. The van der Waals surface area contributed by atoms with E-state index < -0.39 is 5.91 Å². The average molecular weight is 274 g/mol. The van der Waals surface area contributed by atoms with Gasteiger partial charge in [-0.2, -0.15) is 5.10 Å². The Hall–Kier alpha value is -2.33. The summed E-state index contributed by atoms with van der Waals surface area (Å²) in [7, 11) is 0. The molecule has 0 bridgehead atoms. The van der Waals surface area contributed by atoms with Gasteiger partial charge in [0, 0.05) is 5.69 Å². The molecule has 4 nitrogen and oxygen atoms in total. The zero-order valence-corrected chi connectivity index (χ0v) is 10.8. The third kappa shape index (κ3) is 4.12. The molecule has 2 aromatic carbocycles. The quantitative estimate of drug-likeness (QED) is 0.663. The molecule has 0 heterocycles. The number of benzene rings is 2. The summed E-state index contributed by atoms with van der Waals surface area (Å²) >= 11 is 5.81. The van der Waals surface area contributed by atoms with E-state index in [0.717, 1.165) is 5.69 Å². The smallest absolute Gasteiger partial charge is 0.287 e. The van der Waals surface area contributed by atoms with E-state index >= 15 is 0 Å². The Labute approximate surface area is 116 Å². The number of carbonyl (C=O) groups is 1. The molecule has 0 saturated heterocycles. The van der Waals surface area contributed by atoms with Crippen LogP contribution in [0.5, 0.6) is 0 Å². The van der Waals surface area contributed by atoms with Gasteiger partial charge in [0.2, 0.25) is 5.17 Å². The van der Waals surface area contributed by atoms with Crippen LogP contribution in [0.25, 0.3) is 0 Å². The maximum Gasteiger partial charge on any atom is 0.287 e. The van der Waals surface area contributed by atoms with Crippen LogP contribution in [-0.4, -0.2) is 11.1 Å². The summed E-state index contributed by atoms with van der Waals surface area (Å²) in [6, 6.07) is 18.3. The zero-order valence-electron chi connectivity index (χ0n) is 10.0. The number of anilines is 2. The Morgan fingerprint density at radius 2 is 1.42 bits per heavy atom. The third-order valence-electron chi connectivity index (χ3n) is 2.28. The highest BCUT2D eigenvalue weighted by molar-refractivity contribution is 6.84.